The second kappa shape index (κ2) is 24.7. The van der Waals surface area contributed by atoms with Crippen molar-refractivity contribution in [2.45, 2.75) is 155 Å². The summed E-state index contributed by atoms with van der Waals surface area (Å²) in [6.45, 7) is 20.2. The van der Waals surface area contributed by atoms with E-state index >= 15 is 16.8 Å². The zero-order chi connectivity index (χ0) is 54.2. The van der Waals surface area contributed by atoms with Gasteiger partial charge in [0.25, 0.3) is 0 Å². The normalized spacial score (nSPS) is 18.4. The Bertz CT molecular complexity index is 2610. The highest BCUT2D eigenvalue weighted by atomic mass is 32.2. The first-order valence-electron chi connectivity index (χ1n) is 26.7. The number of carbonyl (C=O) groups excluding carboxylic acids is 4. The molecule has 6 rings (SSSR count). The quantitative estimate of drug-likeness (QED) is 0.0789. The molecule has 2 aliphatic rings. The molecule has 404 valence electrons. The molecule has 74 heavy (non-hydrogen) atoms. The fourth-order valence-electron chi connectivity index (χ4n) is 9.91. The predicted octanol–water partition coefficient (Wildman–Crippen LogP) is 8.44. The van der Waals surface area contributed by atoms with E-state index in [-0.39, 0.29) is 71.4 Å². The largest absolute Gasteiger partial charge is 0.344 e. The van der Waals surface area contributed by atoms with Gasteiger partial charge in [-0.15, -0.1) is 0 Å². The molecule has 4 aromatic carbocycles. The van der Waals surface area contributed by atoms with Gasteiger partial charge in [0.2, 0.25) is 43.7 Å². The van der Waals surface area contributed by atoms with Gasteiger partial charge in [0.05, 0.1) is 9.79 Å². The smallest absolute Gasteiger partial charge is 0.245 e. The molecule has 0 bridgehead atoms. The predicted molar refractivity (Wildman–Crippen MR) is 293 cm³/mol. The third-order valence-corrected chi connectivity index (χ3v) is 18.8. The van der Waals surface area contributed by atoms with E-state index in [4.69, 9.17) is 0 Å². The Morgan fingerprint density at radius 3 is 1.27 bits per heavy atom. The zero-order valence-electron chi connectivity index (χ0n) is 45.5. The molecule has 2 aliphatic heterocycles. The summed E-state index contributed by atoms with van der Waals surface area (Å²) < 4.78 is 63.3. The number of rotatable bonds is 22. The number of fused-ring (bicyclic) bond motifs is 1. The van der Waals surface area contributed by atoms with E-state index in [2.05, 4.69) is 10.6 Å². The standard InChI is InChI=1S/C58H82N6O8S2/c1-11-41(3)53(65)59-51(57(5,6)7)55(67)63-33-19-25-47(63)39-61(35-31-43-21-15-13-16-22-43)73(69,70)49-29-27-45-28-30-50(38-46(45)37-49)74(71,72)62(36-32-44-23-17-14-18-24-44)40-48-26-20-34-64(48)56(68)52(58(8,9)10)60-54(66)42(4)12-2/h13-18,21-24,27-30,37-38,41-42,47-48,51-52H,11-12,19-20,25-26,31-36,39-40H2,1-10H3,(H,59,65)(H,60,66)/t41-,42-,47+,48+,51-,52-/m1/s1. The van der Waals surface area contributed by atoms with E-state index in [9.17, 15) is 19.2 Å². The molecule has 14 nitrogen and oxygen atoms in total. The van der Waals surface area contributed by atoms with Gasteiger partial charge in [-0.05, 0) is 108 Å². The molecule has 0 saturated carbocycles. The number of nitrogens with zero attached hydrogens (tertiary/aromatic N) is 4. The zero-order valence-corrected chi connectivity index (χ0v) is 47.1. The van der Waals surface area contributed by atoms with E-state index in [1.165, 1.54) is 20.7 Å². The van der Waals surface area contributed by atoms with E-state index < -0.39 is 55.0 Å². The summed E-state index contributed by atoms with van der Waals surface area (Å²) in [4.78, 5) is 58.8. The molecule has 2 saturated heterocycles. The summed E-state index contributed by atoms with van der Waals surface area (Å²) in [6.07, 6.45) is 4.60. The lowest BCUT2D eigenvalue weighted by molar-refractivity contribution is -0.141. The van der Waals surface area contributed by atoms with Crippen LogP contribution in [-0.2, 0) is 52.1 Å². The van der Waals surface area contributed by atoms with Gasteiger partial charge < -0.3 is 20.4 Å². The van der Waals surface area contributed by atoms with Gasteiger partial charge in [0, 0.05) is 63.2 Å². The molecule has 0 radical (unpaired) electrons. The van der Waals surface area contributed by atoms with E-state index in [1.807, 2.05) is 130 Å². The summed E-state index contributed by atoms with van der Waals surface area (Å²) in [5, 5.41) is 7.11. The summed E-state index contributed by atoms with van der Waals surface area (Å²) in [6, 6.07) is 26.2. The summed E-state index contributed by atoms with van der Waals surface area (Å²) in [7, 11) is -8.49. The summed E-state index contributed by atoms with van der Waals surface area (Å²) >= 11 is 0. The van der Waals surface area contributed by atoms with Crippen LogP contribution in [0.1, 0.15) is 119 Å². The van der Waals surface area contributed by atoms with Crippen molar-refractivity contribution in [3.05, 3.63) is 108 Å². The van der Waals surface area contributed by atoms with Crippen molar-refractivity contribution < 1.29 is 36.0 Å². The average Bonchev–Trinajstić information content (AvgIpc) is 4.05. The minimum Gasteiger partial charge on any atom is -0.344 e. The number of hydrogen-bond donors (Lipinski definition) is 2. The molecule has 6 atom stereocenters. The molecule has 2 fully saturated rings. The lowest BCUT2D eigenvalue weighted by Gasteiger charge is -2.37. The van der Waals surface area contributed by atoms with Crippen LogP contribution >= 0.6 is 0 Å². The van der Waals surface area contributed by atoms with Gasteiger partial charge in [-0.3, -0.25) is 19.2 Å². The SMILES string of the molecule is CC[C@@H](C)C(=O)N[C@H](C(=O)N1CCC[C@H]1CN(CCc1ccccc1)S(=O)(=O)c1ccc2ccc(S(=O)(=O)N(CCc3ccccc3)C[C@@H]3CCCN3C(=O)[C@@H](NC(=O)[C@H](C)CC)C(C)(C)C)cc2c1)C(C)(C)C. The van der Waals surface area contributed by atoms with Crippen molar-refractivity contribution in [1.82, 2.24) is 29.0 Å². The molecular weight excluding hydrogens is 973 g/mol. The number of benzene rings is 4. The lowest BCUT2D eigenvalue weighted by atomic mass is 9.85. The molecule has 4 aromatic rings. The molecule has 4 amide bonds. The van der Waals surface area contributed by atoms with Crippen molar-refractivity contribution in [1.29, 1.82) is 0 Å². The van der Waals surface area contributed by atoms with Crippen LogP contribution < -0.4 is 10.6 Å². The topological polar surface area (TPSA) is 174 Å². The first kappa shape index (κ1) is 58.1. The Morgan fingerprint density at radius 2 is 0.932 bits per heavy atom. The lowest BCUT2D eigenvalue weighted by Crippen LogP contribution is -2.57. The van der Waals surface area contributed by atoms with Crippen molar-refractivity contribution in [2.24, 2.45) is 22.7 Å². The van der Waals surface area contributed by atoms with E-state index in [0.717, 1.165) is 11.1 Å². The summed E-state index contributed by atoms with van der Waals surface area (Å²) in [5.41, 5.74) is 0.679. The molecule has 0 spiro atoms. The van der Waals surface area contributed by atoms with Crippen LogP contribution in [0.3, 0.4) is 0 Å². The van der Waals surface area contributed by atoms with Crippen molar-refractivity contribution >= 4 is 54.4 Å². The molecule has 0 aliphatic carbocycles. The van der Waals surface area contributed by atoms with Crippen molar-refractivity contribution in [2.75, 3.05) is 39.3 Å². The number of carbonyl (C=O) groups is 4. The van der Waals surface area contributed by atoms with Crippen LogP contribution in [0.25, 0.3) is 10.8 Å². The molecular formula is C58H82N6O8S2. The van der Waals surface area contributed by atoms with Gasteiger partial charge >= 0.3 is 0 Å². The number of sulfonamides is 2. The number of nitrogens with one attached hydrogen (secondary N) is 2. The third-order valence-electron chi connectivity index (χ3n) is 15.1. The first-order chi connectivity index (χ1) is 34.9. The van der Waals surface area contributed by atoms with Crippen molar-refractivity contribution in [3.8, 4) is 0 Å². The molecule has 16 heteroatoms. The number of likely N-dealkylation sites (tertiary alicyclic amines) is 2. The average molecular weight is 1060 g/mol. The molecule has 0 aromatic heterocycles. The second-order valence-corrected chi connectivity index (χ2v) is 26.6. The minimum absolute atomic E-state index is 0.00765. The third kappa shape index (κ3) is 14.2. The van der Waals surface area contributed by atoms with Gasteiger partial charge in [0.15, 0.2) is 0 Å². The van der Waals surface area contributed by atoms with Crippen LogP contribution in [0.5, 0.6) is 0 Å². The Balaban J connectivity index is 1.32. The minimum atomic E-state index is -4.25. The monoisotopic (exact) mass is 1050 g/mol. The molecule has 2 heterocycles. The maximum absolute atomic E-state index is 15.1. The van der Waals surface area contributed by atoms with Crippen LogP contribution in [0.15, 0.2) is 107 Å². The second-order valence-electron chi connectivity index (χ2n) is 22.8. The van der Waals surface area contributed by atoms with Crippen LogP contribution in [-0.4, -0.2) is 122 Å². The van der Waals surface area contributed by atoms with Gasteiger partial charge in [-0.25, -0.2) is 16.8 Å². The Kier molecular flexibility index (Phi) is 19.4. The highest BCUT2D eigenvalue weighted by Crippen LogP contribution is 2.32. The van der Waals surface area contributed by atoms with E-state index in [1.54, 1.807) is 34.1 Å². The van der Waals surface area contributed by atoms with Crippen LogP contribution in [0.2, 0.25) is 0 Å². The molecule has 0 unspecified atom stereocenters. The Labute approximate surface area is 442 Å². The van der Waals surface area contributed by atoms with E-state index in [0.29, 0.717) is 75.2 Å². The van der Waals surface area contributed by atoms with Crippen molar-refractivity contribution in [3.63, 3.8) is 0 Å². The summed E-state index contributed by atoms with van der Waals surface area (Å²) in [5.74, 6) is -1.42. The Morgan fingerprint density at radius 1 is 0.568 bits per heavy atom. The molecule has 2 N–H and O–H groups in total. The maximum atomic E-state index is 15.1. The van der Waals surface area contributed by atoms with Gasteiger partial charge in [-0.2, -0.15) is 8.61 Å². The van der Waals surface area contributed by atoms with Gasteiger partial charge in [-0.1, -0.05) is 142 Å². The van der Waals surface area contributed by atoms with Gasteiger partial charge in [0.1, 0.15) is 12.1 Å². The highest BCUT2D eigenvalue weighted by molar-refractivity contribution is 7.89. The first-order valence-corrected chi connectivity index (χ1v) is 29.6. The van der Waals surface area contributed by atoms with Crippen LogP contribution in [0, 0.1) is 22.7 Å². The van der Waals surface area contributed by atoms with Crippen LogP contribution in [0.4, 0.5) is 0 Å². The fraction of sp³-hybridized carbons (Fsp3) is 0.552. The number of hydrogen-bond acceptors (Lipinski definition) is 8. The highest BCUT2D eigenvalue weighted by Gasteiger charge is 2.43. The number of amides is 4. The Hall–Kier alpha value is -5.16. The maximum Gasteiger partial charge on any atom is 0.245 e. The fourth-order valence-corrected chi connectivity index (χ4v) is 12.9.